The molecule has 1 atom stereocenters. The zero-order valence-corrected chi connectivity index (χ0v) is 38.0. The molecule has 4 amide bonds. The summed E-state index contributed by atoms with van der Waals surface area (Å²) in [6.07, 6.45) is 3.12. The smallest absolute Gasteiger partial charge is 0.407 e. The molecule has 4 N–H and O–H groups in total. The Balaban J connectivity index is 0.00000122. The van der Waals surface area contributed by atoms with Gasteiger partial charge in [-0.2, -0.15) is 0 Å². The van der Waals surface area contributed by atoms with Crippen LogP contribution < -0.4 is 15.4 Å². The second-order valence-corrected chi connectivity index (χ2v) is 15.1. The summed E-state index contributed by atoms with van der Waals surface area (Å²) in [7, 11) is 5.77. The molecule has 0 bridgehead atoms. The fraction of sp³-hybridized carbons (Fsp3) is 0.375. The van der Waals surface area contributed by atoms with E-state index in [9.17, 15) is 19.2 Å². The van der Waals surface area contributed by atoms with Crippen molar-refractivity contribution in [3.8, 4) is 28.1 Å². The first-order valence-electron chi connectivity index (χ1n) is 21.5. The topological polar surface area (TPSA) is 193 Å². The number of ether oxygens (including phenoxy) is 4. The van der Waals surface area contributed by atoms with Crippen LogP contribution in [0.4, 0.5) is 9.59 Å². The Bertz CT molecular complexity index is 2500. The highest BCUT2D eigenvalue weighted by atomic mass is 16.5. The quantitative estimate of drug-likeness (QED) is 0.0828. The molecule has 340 valence electrons. The predicted octanol–water partition coefficient (Wildman–Crippen LogP) is 8.28. The number of hydrogen-bond donors (Lipinski definition) is 4. The van der Waals surface area contributed by atoms with E-state index in [-0.39, 0.29) is 31.4 Å². The molecule has 3 heterocycles. The number of benzene rings is 4. The first kappa shape index (κ1) is 48.1. The second-order valence-electron chi connectivity index (χ2n) is 15.1. The van der Waals surface area contributed by atoms with Gasteiger partial charge in [-0.1, -0.05) is 82.6 Å². The summed E-state index contributed by atoms with van der Waals surface area (Å²) >= 11 is 0. The molecular formula is C48H60N8O8. The Morgan fingerprint density at radius 2 is 1.48 bits per heavy atom. The Kier molecular flexibility index (Phi) is 17.7. The van der Waals surface area contributed by atoms with Gasteiger partial charge in [-0.05, 0) is 64.7 Å². The van der Waals surface area contributed by atoms with Crippen LogP contribution in [0.2, 0.25) is 0 Å². The van der Waals surface area contributed by atoms with Gasteiger partial charge in [0, 0.05) is 38.3 Å². The number of aromatic nitrogens is 4. The zero-order valence-electron chi connectivity index (χ0n) is 38.0. The molecule has 0 saturated heterocycles. The van der Waals surface area contributed by atoms with Crippen LogP contribution >= 0.6 is 0 Å². The van der Waals surface area contributed by atoms with Crippen molar-refractivity contribution < 1.29 is 38.1 Å². The molecule has 64 heavy (non-hydrogen) atoms. The normalized spacial score (nSPS) is 11.6. The first-order chi connectivity index (χ1) is 31.0. The van der Waals surface area contributed by atoms with Gasteiger partial charge in [0.1, 0.15) is 36.6 Å². The van der Waals surface area contributed by atoms with Crippen molar-refractivity contribution in [1.29, 1.82) is 0 Å². The van der Waals surface area contributed by atoms with Crippen LogP contribution in [0.5, 0.6) is 5.75 Å². The molecule has 2 aromatic heterocycles. The number of carbonyl (C=O) groups excluding carboxylic acids is 4. The monoisotopic (exact) mass is 876 g/mol. The number of H-pyrrole nitrogens is 2. The second kappa shape index (κ2) is 23.5. The lowest BCUT2D eigenvalue weighted by atomic mass is 9.92. The summed E-state index contributed by atoms with van der Waals surface area (Å²) in [6, 6.07) is 22.6. The number of nitrogens with one attached hydrogen (secondary N) is 4. The van der Waals surface area contributed by atoms with Gasteiger partial charge >= 0.3 is 12.2 Å². The summed E-state index contributed by atoms with van der Waals surface area (Å²) in [5.41, 5.74) is 7.06. The molecule has 0 fully saturated rings. The van der Waals surface area contributed by atoms with Crippen molar-refractivity contribution in [2.24, 2.45) is 0 Å². The van der Waals surface area contributed by atoms with Gasteiger partial charge in [0.05, 0.1) is 50.2 Å². The van der Waals surface area contributed by atoms with Gasteiger partial charge in [-0.25, -0.2) is 19.6 Å². The van der Waals surface area contributed by atoms with Crippen LogP contribution in [0.1, 0.15) is 75.8 Å². The molecule has 0 spiro atoms. The van der Waals surface area contributed by atoms with Crippen LogP contribution in [0, 0.1) is 0 Å². The average molecular weight is 877 g/mol. The standard InChI is InChI=1S/C43H46N8O7.C3H8.C2H6O/c1-5-16-50(38(52)22-45-42(54)56-3)23-36-44-21-34(47-36)28-12-14-30-29(18-28)25-58-35-20-31-27(19-32(30)35)13-15-33-40(31)48-37(46-33)24-51(17-6-2)41(53)39(49-43(55)57-4)26-10-8-7-9-11-26;2*1-3-2/h7-15,18-21,39H,5-6,16-17,22-25H2,1-4H3,(H,44,47)(H,45,54)(H,46,48)(H,49,55);3H2,1-2H3;1-2H3. The molecule has 7 rings (SSSR count). The predicted molar refractivity (Wildman–Crippen MR) is 246 cm³/mol. The van der Waals surface area contributed by atoms with Crippen molar-refractivity contribution in [3.05, 3.63) is 102 Å². The third-order valence-corrected chi connectivity index (χ3v) is 10.1. The average Bonchev–Trinajstić information content (AvgIpc) is 3.96. The maximum Gasteiger partial charge on any atom is 0.407 e. The molecule has 1 aliphatic rings. The highest BCUT2D eigenvalue weighted by Crippen LogP contribution is 2.42. The van der Waals surface area contributed by atoms with Gasteiger partial charge in [0.2, 0.25) is 11.8 Å². The number of fused-ring (bicyclic) bond motifs is 6. The molecule has 1 aliphatic heterocycles. The number of methoxy groups -OCH3 is 3. The lowest BCUT2D eigenvalue weighted by molar-refractivity contribution is -0.134. The number of alkyl carbamates (subject to hydrolysis) is 2. The van der Waals surface area contributed by atoms with E-state index in [1.807, 2.05) is 56.3 Å². The summed E-state index contributed by atoms with van der Waals surface area (Å²) in [5.74, 6) is 1.50. The van der Waals surface area contributed by atoms with E-state index in [2.05, 4.69) is 67.1 Å². The van der Waals surface area contributed by atoms with E-state index < -0.39 is 18.2 Å². The zero-order chi connectivity index (χ0) is 46.2. The Hall–Kier alpha value is -6.94. The Labute approximate surface area is 374 Å². The SMILES string of the molecule is CCC.CCCN(Cc1ncc(-c2ccc3c(c2)COc2cc4c(ccc5[nH]c(CN(CCC)C(=O)C(NC(=O)OC)c6ccccc6)nc54)cc2-3)[nH]1)C(=O)CNC(=O)OC.COC. The van der Waals surface area contributed by atoms with Crippen LogP contribution in [-0.2, 0) is 43.5 Å². The molecular weight excluding hydrogens is 817 g/mol. The van der Waals surface area contributed by atoms with Gasteiger partial charge in [-0.3, -0.25) is 9.59 Å². The summed E-state index contributed by atoms with van der Waals surface area (Å²) in [5, 5.41) is 7.06. The van der Waals surface area contributed by atoms with Crippen molar-refractivity contribution in [3.63, 3.8) is 0 Å². The highest BCUT2D eigenvalue weighted by Gasteiger charge is 2.29. The minimum absolute atomic E-state index is 0.162. The first-order valence-corrected chi connectivity index (χ1v) is 21.5. The molecule has 0 saturated carbocycles. The minimum Gasteiger partial charge on any atom is -0.488 e. The minimum atomic E-state index is -0.923. The summed E-state index contributed by atoms with van der Waals surface area (Å²) in [6.45, 7) is 9.90. The molecule has 4 aromatic carbocycles. The number of carbonyl (C=O) groups is 4. The fourth-order valence-corrected chi connectivity index (χ4v) is 7.25. The van der Waals surface area contributed by atoms with Crippen LogP contribution in [-0.4, -0.2) is 102 Å². The fourth-order valence-electron chi connectivity index (χ4n) is 7.25. The Morgan fingerprint density at radius 1 is 0.797 bits per heavy atom. The maximum absolute atomic E-state index is 14.0. The lowest BCUT2D eigenvalue weighted by Crippen LogP contribution is -2.43. The molecule has 1 unspecified atom stereocenters. The largest absolute Gasteiger partial charge is 0.488 e. The van der Waals surface area contributed by atoms with Crippen molar-refractivity contribution in [1.82, 2.24) is 40.4 Å². The van der Waals surface area contributed by atoms with Crippen LogP contribution in [0.3, 0.4) is 0 Å². The number of aromatic amines is 2. The van der Waals surface area contributed by atoms with Crippen molar-refractivity contribution in [2.45, 2.75) is 72.7 Å². The van der Waals surface area contributed by atoms with Crippen molar-refractivity contribution >= 4 is 45.8 Å². The van der Waals surface area contributed by atoms with E-state index in [4.69, 9.17) is 14.5 Å². The highest BCUT2D eigenvalue weighted by molar-refractivity contribution is 6.07. The number of amides is 4. The van der Waals surface area contributed by atoms with Gasteiger partial charge in [0.15, 0.2) is 0 Å². The van der Waals surface area contributed by atoms with E-state index in [1.165, 1.54) is 20.6 Å². The molecule has 16 heteroatoms. The van der Waals surface area contributed by atoms with Crippen molar-refractivity contribution in [2.75, 3.05) is 48.1 Å². The Morgan fingerprint density at radius 3 is 2.17 bits per heavy atom. The number of hydrogen-bond acceptors (Lipinski definition) is 10. The van der Waals surface area contributed by atoms with Gasteiger partial charge in [0.25, 0.3) is 0 Å². The third-order valence-electron chi connectivity index (χ3n) is 10.1. The number of imidazole rings is 2. The van der Waals surface area contributed by atoms with Gasteiger partial charge < -0.3 is 49.3 Å². The summed E-state index contributed by atoms with van der Waals surface area (Å²) < 4.78 is 20.0. The van der Waals surface area contributed by atoms with E-state index in [1.54, 1.807) is 42.3 Å². The molecule has 16 nitrogen and oxygen atoms in total. The number of nitrogens with zero attached hydrogens (tertiary/aromatic N) is 4. The maximum atomic E-state index is 14.0. The van der Waals surface area contributed by atoms with Crippen LogP contribution in [0.15, 0.2) is 79.0 Å². The lowest BCUT2D eigenvalue weighted by Gasteiger charge is -2.27. The van der Waals surface area contributed by atoms with E-state index in [0.29, 0.717) is 43.3 Å². The molecule has 0 aliphatic carbocycles. The van der Waals surface area contributed by atoms with Gasteiger partial charge in [-0.15, -0.1) is 0 Å². The molecule has 6 aromatic rings. The van der Waals surface area contributed by atoms with E-state index >= 15 is 0 Å². The van der Waals surface area contributed by atoms with Crippen LogP contribution in [0.25, 0.3) is 44.2 Å². The van der Waals surface area contributed by atoms with E-state index in [0.717, 1.165) is 61.9 Å². The summed E-state index contributed by atoms with van der Waals surface area (Å²) in [4.78, 5) is 70.1. The number of rotatable bonds is 14. The molecule has 0 radical (unpaired) electrons. The third kappa shape index (κ3) is 11.9.